The van der Waals surface area contributed by atoms with Gasteiger partial charge in [-0.2, -0.15) is 0 Å². The Morgan fingerprint density at radius 2 is 1.74 bits per heavy atom. The summed E-state index contributed by atoms with van der Waals surface area (Å²) in [5.74, 6) is 0.561. The summed E-state index contributed by atoms with van der Waals surface area (Å²) in [7, 11) is 0. The average Bonchev–Trinajstić information content (AvgIpc) is 2.81. The molecule has 5 rings (SSSR count). The molecule has 1 heterocycles. The summed E-state index contributed by atoms with van der Waals surface area (Å²) in [5, 5.41) is 8.22. The number of hydrogen-bond acceptors (Lipinski definition) is 9. The van der Waals surface area contributed by atoms with E-state index < -0.39 is 0 Å². The molecule has 0 unspecified atom stereocenters. The van der Waals surface area contributed by atoms with E-state index in [1.54, 1.807) is 24.3 Å². The van der Waals surface area contributed by atoms with E-state index in [-0.39, 0.29) is 11.4 Å². The second-order valence-electron chi connectivity index (χ2n) is 6.75. The van der Waals surface area contributed by atoms with Crippen molar-refractivity contribution in [2.24, 2.45) is 14.8 Å². The molecule has 8 nitrogen and oxygen atoms in total. The third kappa shape index (κ3) is 3.40. The number of hydrogen-bond donors (Lipinski definition) is 1. The van der Waals surface area contributed by atoms with E-state index in [0.717, 1.165) is 22.7 Å². The molecule has 9 heteroatoms. The van der Waals surface area contributed by atoms with Crippen LogP contribution < -0.4 is 11.1 Å². The van der Waals surface area contributed by atoms with Gasteiger partial charge in [0, 0.05) is 40.5 Å². The predicted molar refractivity (Wildman–Crippen MR) is 121 cm³/mol. The van der Waals surface area contributed by atoms with Crippen molar-refractivity contribution >= 4 is 50.9 Å². The lowest BCUT2D eigenvalue weighted by Crippen LogP contribution is -2.05. The highest BCUT2D eigenvalue weighted by Gasteiger charge is 2.15. The minimum absolute atomic E-state index is 0.101. The van der Waals surface area contributed by atoms with E-state index in [9.17, 15) is 9.81 Å². The first kappa shape index (κ1) is 18.9. The Morgan fingerprint density at radius 1 is 0.903 bits per heavy atom. The standard InChI is InChI=1S/C22H13N5O3S/c23-12-5-7-16-19(9-12)30-20-11-17(14-3-1-2-4-15(14)22(20)24-16)27-31-21-8-6-13(25-28)10-18(21)26-29/h1-11H,23H2/b27-17-. The van der Waals surface area contributed by atoms with Crippen LogP contribution >= 0.6 is 11.9 Å². The molecule has 0 radical (unpaired) electrons. The molecule has 1 aliphatic heterocycles. The molecule has 150 valence electrons. The van der Waals surface area contributed by atoms with Crippen LogP contribution in [0.15, 0.2) is 90.8 Å². The van der Waals surface area contributed by atoms with Gasteiger partial charge in [-0.1, -0.05) is 24.3 Å². The maximum absolute atomic E-state index is 11.2. The number of rotatable bonds is 4. The first-order valence-corrected chi connectivity index (χ1v) is 9.97. The summed E-state index contributed by atoms with van der Waals surface area (Å²) in [5.41, 5.74) is 8.69. The van der Waals surface area contributed by atoms with Crippen LogP contribution in [0.25, 0.3) is 33.3 Å². The SMILES string of the molecule is Nc1ccc2nc3c4ccccc4/c(=N\Sc4ccc(N=O)cc4N=O)cc-3oc2c1. The summed E-state index contributed by atoms with van der Waals surface area (Å²) in [6.45, 7) is 0. The van der Waals surface area contributed by atoms with E-state index in [0.29, 0.717) is 38.5 Å². The number of nitroso groups, excluding NO2 is 2. The molecule has 0 saturated heterocycles. The lowest BCUT2D eigenvalue weighted by Gasteiger charge is -2.10. The van der Waals surface area contributed by atoms with Crippen LogP contribution in [0.3, 0.4) is 0 Å². The minimum atomic E-state index is 0.101. The molecule has 0 saturated carbocycles. The number of benzene rings is 4. The monoisotopic (exact) mass is 427 g/mol. The van der Waals surface area contributed by atoms with Gasteiger partial charge in [0.2, 0.25) is 0 Å². The van der Waals surface area contributed by atoms with Gasteiger partial charge in [-0.3, -0.25) is 0 Å². The largest absolute Gasteiger partial charge is 0.453 e. The van der Waals surface area contributed by atoms with E-state index in [2.05, 4.69) is 14.8 Å². The zero-order valence-corrected chi connectivity index (χ0v) is 16.7. The van der Waals surface area contributed by atoms with Crippen LogP contribution in [-0.2, 0) is 0 Å². The fraction of sp³-hybridized carbons (Fsp3) is 0. The van der Waals surface area contributed by atoms with Gasteiger partial charge in [0.1, 0.15) is 22.6 Å². The molecular weight excluding hydrogens is 414 g/mol. The maximum Gasteiger partial charge on any atom is 0.156 e. The Bertz CT molecular complexity index is 1530. The van der Waals surface area contributed by atoms with Gasteiger partial charge in [-0.15, -0.1) is 9.81 Å². The summed E-state index contributed by atoms with van der Waals surface area (Å²) >= 11 is 1.08. The fourth-order valence-electron chi connectivity index (χ4n) is 3.34. The van der Waals surface area contributed by atoms with Crippen molar-refractivity contribution in [1.29, 1.82) is 0 Å². The average molecular weight is 427 g/mol. The van der Waals surface area contributed by atoms with Gasteiger partial charge in [-0.05, 0) is 40.7 Å². The minimum Gasteiger partial charge on any atom is -0.453 e. The van der Waals surface area contributed by atoms with Gasteiger partial charge in [-0.25, -0.2) is 9.38 Å². The normalized spacial score (nSPS) is 11.9. The van der Waals surface area contributed by atoms with E-state index >= 15 is 0 Å². The van der Waals surface area contributed by atoms with Crippen molar-refractivity contribution in [1.82, 2.24) is 4.98 Å². The number of fused-ring (bicyclic) bond motifs is 4. The van der Waals surface area contributed by atoms with Crippen molar-refractivity contribution in [3.63, 3.8) is 0 Å². The highest BCUT2D eigenvalue weighted by molar-refractivity contribution is 7.98. The molecule has 0 amide bonds. The molecule has 0 bridgehead atoms. The van der Waals surface area contributed by atoms with Gasteiger partial charge in [0.25, 0.3) is 0 Å². The van der Waals surface area contributed by atoms with Crippen molar-refractivity contribution in [3.8, 4) is 11.5 Å². The fourth-order valence-corrected chi connectivity index (χ4v) is 4.00. The Labute approximate surface area is 179 Å². The van der Waals surface area contributed by atoms with Crippen molar-refractivity contribution in [2.45, 2.75) is 4.90 Å². The molecule has 0 fully saturated rings. The van der Waals surface area contributed by atoms with Crippen molar-refractivity contribution in [3.05, 3.63) is 81.9 Å². The second-order valence-corrected chi connectivity index (χ2v) is 7.55. The van der Waals surface area contributed by atoms with Crippen LogP contribution in [0.4, 0.5) is 17.1 Å². The Balaban J connectivity index is 1.72. The first-order chi connectivity index (χ1) is 15.2. The van der Waals surface area contributed by atoms with Gasteiger partial charge >= 0.3 is 0 Å². The Hall–Kier alpha value is -4.11. The first-order valence-electron chi connectivity index (χ1n) is 9.20. The summed E-state index contributed by atoms with van der Waals surface area (Å²) < 4.78 is 10.7. The second kappa shape index (κ2) is 7.62. The van der Waals surface area contributed by atoms with Gasteiger partial charge < -0.3 is 10.2 Å². The quantitative estimate of drug-likeness (QED) is 0.122. The number of aromatic nitrogens is 1. The highest BCUT2D eigenvalue weighted by atomic mass is 32.2. The number of nitrogens with two attached hydrogens (primary N) is 1. The predicted octanol–water partition coefficient (Wildman–Crippen LogP) is 6.07. The molecule has 0 atom stereocenters. The molecular formula is C22H13N5O3S. The van der Waals surface area contributed by atoms with Crippen molar-refractivity contribution in [2.75, 3.05) is 5.73 Å². The van der Waals surface area contributed by atoms with E-state index in [1.165, 1.54) is 12.1 Å². The Kier molecular flexibility index (Phi) is 4.64. The molecule has 3 aromatic rings. The zero-order chi connectivity index (χ0) is 21.4. The third-order valence-corrected chi connectivity index (χ3v) is 5.61. The van der Waals surface area contributed by atoms with Crippen LogP contribution in [0.5, 0.6) is 0 Å². The van der Waals surface area contributed by atoms with Crippen LogP contribution in [0.2, 0.25) is 0 Å². The van der Waals surface area contributed by atoms with Crippen LogP contribution in [0, 0.1) is 9.81 Å². The van der Waals surface area contributed by atoms with E-state index in [1.807, 2.05) is 30.3 Å². The number of nitrogen functional groups attached to an aromatic ring is 1. The lowest BCUT2D eigenvalue weighted by molar-refractivity contribution is 0.614. The number of anilines is 1. The molecule has 3 aromatic carbocycles. The smallest absolute Gasteiger partial charge is 0.156 e. The summed E-state index contributed by atoms with van der Waals surface area (Å²) in [6, 6.07) is 19.3. The van der Waals surface area contributed by atoms with E-state index in [4.69, 9.17) is 15.1 Å². The topological polar surface area (TPSA) is 123 Å². The molecule has 0 spiro atoms. The molecule has 2 aliphatic rings. The third-order valence-electron chi connectivity index (χ3n) is 4.78. The van der Waals surface area contributed by atoms with Crippen LogP contribution in [-0.4, -0.2) is 4.98 Å². The Morgan fingerprint density at radius 3 is 2.55 bits per heavy atom. The van der Waals surface area contributed by atoms with Gasteiger partial charge in [0.05, 0.1) is 10.3 Å². The summed E-state index contributed by atoms with van der Waals surface area (Å²) in [4.78, 5) is 27.1. The molecule has 31 heavy (non-hydrogen) atoms. The molecule has 1 aliphatic carbocycles. The summed E-state index contributed by atoms with van der Waals surface area (Å²) in [6.07, 6.45) is 0. The lowest BCUT2D eigenvalue weighted by atomic mass is 10.0. The van der Waals surface area contributed by atoms with Crippen molar-refractivity contribution < 1.29 is 4.42 Å². The zero-order valence-electron chi connectivity index (χ0n) is 15.9. The molecule has 2 N–H and O–H groups in total. The van der Waals surface area contributed by atoms with Gasteiger partial charge in [0.15, 0.2) is 11.3 Å². The molecule has 0 aromatic heterocycles. The van der Waals surface area contributed by atoms with Crippen LogP contribution in [0.1, 0.15) is 0 Å². The number of nitrogens with zero attached hydrogens (tertiary/aromatic N) is 4. The highest BCUT2D eigenvalue weighted by Crippen LogP contribution is 2.34. The maximum atomic E-state index is 11.2.